The van der Waals surface area contributed by atoms with Crippen molar-refractivity contribution in [3.05, 3.63) is 200 Å². The van der Waals surface area contributed by atoms with E-state index in [1.165, 1.54) is 33.4 Å². The zero-order valence-electron chi connectivity index (χ0n) is 29.7. The van der Waals surface area contributed by atoms with E-state index in [2.05, 4.69) is 185 Å². The SMILES string of the molecule is C=C/C=C\C(=C/C)c1cc(/C(C=C)=C/CC)cc(-c2nc3c(-c4cccc(-c5ccccc5)c4)cc(-c4cccc(-c5ccccc5)c4)cc3s2)c1. The van der Waals surface area contributed by atoms with Crippen LogP contribution in [0.25, 0.3) is 76.4 Å². The molecule has 0 amide bonds. The van der Waals surface area contributed by atoms with Crippen LogP contribution in [0.2, 0.25) is 0 Å². The van der Waals surface area contributed by atoms with Crippen molar-refractivity contribution in [2.45, 2.75) is 20.3 Å². The van der Waals surface area contributed by atoms with Crippen molar-refractivity contribution < 1.29 is 0 Å². The van der Waals surface area contributed by atoms with Crippen LogP contribution in [0.15, 0.2) is 189 Å². The van der Waals surface area contributed by atoms with Crippen LogP contribution in [0, 0.1) is 0 Å². The van der Waals surface area contributed by atoms with E-state index in [9.17, 15) is 0 Å². The Morgan fingerprint density at radius 2 is 1.17 bits per heavy atom. The summed E-state index contributed by atoms with van der Waals surface area (Å²) in [6, 6.07) is 50.3. The Morgan fingerprint density at radius 3 is 1.77 bits per heavy atom. The van der Waals surface area contributed by atoms with Gasteiger partial charge < -0.3 is 0 Å². The predicted molar refractivity (Wildman–Crippen MR) is 228 cm³/mol. The summed E-state index contributed by atoms with van der Waals surface area (Å²) >= 11 is 1.75. The molecule has 0 unspecified atom stereocenters. The molecule has 52 heavy (non-hydrogen) atoms. The van der Waals surface area contributed by atoms with Crippen LogP contribution < -0.4 is 0 Å². The fourth-order valence-electron chi connectivity index (χ4n) is 6.70. The van der Waals surface area contributed by atoms with Crippen molar-refractivity contribution in [2.24, 2.45) is 0 Å². The van der Waals surface area contributed by atoms with Crippen molar-refractivity contribution in [2.75, 3.05) is 0 Å². The molecule has 1 aromatic heterocycles. The quantitative estimate of drug-likeness (QED) is 0.123. The van der Waals surface area contributed by atoms with Crippen molar-refractivity contribution >= 4 is 32.7 Å². The molecule has 0 saturated heterocycles. The molecule has 0 aliphatic rings. The van der Waals surface area contributed by atoms with Crippen molar-refractivity contribution in [1.29, 1.82) is 0 Å². The number of hydrogen-bond donors (Lipinski definition) is 0. The molecule has 0 aliphatic carbocycles. The van der Waals surface area contributed by atoms with Crippen LogP contribution in [-0.2, 0) is 0 Å². The number of thiazole rings is 1. The zero-order valence-corrected chi connectivity index (χ0v) is 30.5. The smallest absolute Gasteiger partial charge is 0.124 e. The summed E-state index contributed by atoms with van der Waals surface area (Å²) in [7, 11) is 0. The maximum atomic E-state index is 5.44. The minimum Gasteiger partial charge on any atom is -0.235 e. The molecule has 252 valence electrons. The average Bonchev–Trinajstić information content (AvgIpc) is 3.65. The monoisotopic (exact) mass is 687 g/mol. The third kappa shape index (κ3) is 7.35. The summed E-state index contributed by atoms with van der Waals surface area (Å²) < 4.78 is 1.15. The first-order valence-corrected chi connectivity index (χ1v) is 18.6. The number of nitrogens with zero attached hydrogens (tertiary/aromatic N) is 1. The summed E-state index contributed by atoms with van der Waals surface area (Å²) in [6.45, 7) is 12.3. The molecule has 0 atom stereocenters. The number of rotatable bonds is 11. The first kappa shape index (κ1) is 34.4. The van der Waals surface area contributed by atoms with Gasteiger partial charge >= 0.3 is 0 Å². The van der Waals surface area contributed by atoms with Gasteiger partial charge in [0.25, 0.3) is 0 Å². The Kier molecular flexibility index (Phi) is 10.5. The lowest BCUT2D eigenvalue weighted by molar-refractivity contribution is 1.23. The number of fused-ring (bicyclic) bond motifs is 1. The average molecular weight is 688 g/mol. The second-order valence-corrected chi connectivity index (χ2v) is 13.7. The topological polar surface area (TPSA) is 12.9 Å². The maximum absolute atomic E-state index is 5.44. The van der Waals surface area contributed by atoms with Crippen LogP contribution in [0.1, 0.15) is 31.4 Å². The standard InChI is InChI=1S/C50H41NS/c1-5-9-19-36(8-4)44-30-43(35(7-3)18-6-2)31-46(32-44)50-51-49-47(42-27-17-25-40(29-42)38-22-14-11-15-23-38)33-45(34-48(49)52-50)41-26-16-24-39(28-41)37-20-12-10-13-21-37/h5,7-34H,1,3,6H2,2,4H3/b19-9-,35-18+,36-8+. The highest BCUT2D eigenvalue weighted by Gasteiger charge is 2.17. The van der Waals surface area contributed by atoms with Crippen LogP contribution in [-0.4, -0.2) is 4.98 Å². The highest BCUT2D eigenvalue weighted by atomic mass is 32.1. The van der Waals surface area contributed by atoms with Gasteiger partial charge in [-0.15, -0.1) is 11.3 Å². The molecule has 1 heterocycles. The molecule has 6 aromatic carbocycles. The van der Waals surface area contributed by atoms with Gasteiger partial charge in [-0.2, -0.15) is 0 Å². The van der Waals surface area contributed by atoms with Crippen molar-refractivity contribution in [1.82, 2.24) is 4.98 Å². The maximum Gasteiger partial charge on any atom is 0.124 e. The molecule has 0 bridgehead atoms. The van der Waals surface area contributed by atoms with Crippen molar-refractivity contribution in [3.8, 4) is 55.1 Å². The Bertz CT molecular complexity index is 2470. The number of benzene rings is 6. The Balaban J connectivity index is 1.45. The van der Waals surface area contributed by atoms with Crippen LogP contribution >= 0.6 is 11.3 Å². The fourth-order valence-corrected chi connectivity index (χ4v) is 7.72. The fraction of sp³-hybridized carbons (Fsp3) is 0.0600. The molecule has 0 N–H and O–H groups in total. The molecular weight excluding hydrogens is 647 g/mol. The molecule has 1 nitrogen and oxygen atoms in total. The third-order valence-corrected chi connectivity index (χ3v) is 10.3. The Labute approximate surface area is 312 Å². The van der Waals surface area contributed by atoms with E-state index in [1.807, 2.05) is 18.2 Å². The minimum absolute atomic E-state index is 0.925. The third-order valence-electron chi connectivity index (χ3n) is 9.29. The molecule has 0 saturated carbocycles. The van der Waals surface area contributed by atoms with E-state index in [0.29, 0.717) is 0 Å². The summed E-state index contributed by atoms with van der Waals surface area (Å²) in [5.74, 6) is 0. The van der Waals surface area contributed by atoms with Gasteiger partial charge in [0.15, 0.2) is 0 Å². The highest BCUT2D eigenvalue weighted by Crippen LogP contribution is 2.42. The van der Waals surface area contributed by atoms with Gasteiger partial charge in [-0.05, 0) is 117 Å². The zero-order chi connectivity index (χ0) is 35.9. The van der Waals surface area contributed by atoms with Gasteiger partial charge in [0.1, 0.15) is 5.01 Å². The molecule has 0 fully saturated rings. The first-order chi connectivity index (χ1) is 25.6. The normalized spacial score (nSPS) is 12.0. The summed E-state index contributed by atoms with van der Waals surface area (Å²) in [4.78, 5) is 5.44. The molecule has 7 aromatic rings. The van der Waals surface area contributed by atoms with Gasteiger partial charge in [-0.1, -0.05) is 154 Å². The summed E-state index contributed by atoms with van der Waals surface area (Å²) in [5, 5.41) is 0.983. The van der Waals surface area contributed by atoms with Crippen molar-refractivity contribution in [3.63, 3.8) is 0 Å². The largest absolute Gasteiger partial charge is 0.235 e. The van der Waals surface area contributed by atoms with Gasteiger partial charge in [0.2, 0.25) is 0 Å². The number of aromatic nitrogens is 1. The van der Waals surface area contributed by atoms with Gasteiger partial charge in [-0.25, -0.2) is 4.98 Å². The molecule has 0 spiro atoms. The van der Waals surface area contributed by atoms with Crippen LogP contribution in [0.5, 0.6) is 0 Å². The summed E-state index contributed by atoms with van der Waals surface area (Å²) in [5.41, 5.74) is 16.0. The first-order valence-electron chi connectivity index (χ1n) is 17.8. The second-order valence-electron chi connectivity index (χ2n) is 12.7. The van der Waals surface area contributed by atoms with Crippen LogP contribution in [0.3, 0.4) is 0 Å². The molecule has 2 heteroatoms. The van der Waals surface area contributed by atoms with E-state index >= 15 is 0 Å². The Hall–Kier alpha value is -6.09. The van der Waals surface area contributed by atoms with E-state index in [-0.39, 0.29) is 0 Å². The van der Waals surface area contributed by atoms with Gasteiger partial charge in [-0.3, -0.25) is 0 Å². The van der Waals surface area contributed by atoms with Gasteiger partial charge in [0.05, 0.1) is 10.2 Å². The summed E-state index contributed by atoms with van der Waals surface area (Å²) in [6.07, 6.45) is 13.2. The number of hydrogen-bond acceptors (Lipinski definition) is 2. The van der Waals surface area contributed by atoms with Gasteiger partial charge in [0, 0.05) is 11.1 Å². The Morgan fingerprint density at radius 1 is 0.596 bits per heavy atom. The minimum atomic E-state index is 0.925. The van der Waals surface area contributed by atoms with E-state index in [0.717, 1.165) is 60.6 Å². The molecular formula is C50H41NS. The molecule has 0 radical (unpaired) electrons. The lowest BCUT2D eigenvalue weighted by atomic mass is 9.94. The van der Waals surface area contributed by atoms with E-state index in [1.54, 1.807) is 11.3 Å². The lowest BCUT2D eigenvalue weighted by Gasteiger charge is -2.11. The van der Waals surface area contributed by atoms with E-state index < -0.39 is 0 Å². The lowest BCUT2D eigenvalue weighted by Crippen LogP contribution is -1.90. The molecule has 7 rings (SSSR count). The van der Waals surface area contributed by atoms with Crippen LogP contribution in [0.4, 0.5) is 0 Å². The number of allylic oxidation sites excluding steroid dienone is 8. The molecule has 0 aliphatic heterocycles. The predicted octanol–water partition coefficient (Wildman–Crippen LogP) is 14.8. The van der Waals surface area contributed by atoms with E-state index in [4.69, 9.17) is 4.98 Å². The highest BCUT2D eigenvalue weighted by molar-refractivity contribution is 7.21. The second kappa shape index (κ2) is 15.9.